The zero-order valence-corrected chi connectivity index (χ0v) is 17.3. The number of aliphatic imine (C=N–C) groups is 1. The van der Waals surface area contributed by atoms with Crippen LogP contribution in [-0.2, 0) is 19.1 Å². The summed E-state index contributed by atoms with van der Waals surface area (Å²) < 4.78 is 38.5. The van der Waals surface area contributed by atoms with Crippen LogP contribution in [0.5, 0.6) is 0 Å². The van der Waals surface area contributed by atoms with Gasteiger partial charge in [-0.05, 0) is 48.6 Å². The van der Waals surface area contributed by atoms with Crippen molar-refractivity contribution in [2.24, 2.45) is 10.9 Å². The number of guanidine groups is 1. The highest BCUT2D eigenvalue weighted by molar-refractivity contribution is 5.79. The largest absolute Gasteiger partial charge is 0.416 e. The molecule has 0 aliphatic carbocycles. The molecular formula is C23H29F3N4. The summed E-state index contributed by atoms with van der Waals surface area (Å²) in [6.07, 6.45) is -2.14. The Kier molecular flexibility index (Phi) is 7.74. The van der Waals surface area contributed by atoms with E-state index in [-0.39, 0.29) is 6.54 Å². The normalized spacial score (nSPS) is 17.9. The minimum Gasteiger partial charge on any atom is -0.356 e. The van der Waals surface area contributed by atoms with Crippen molar-refractivity contribution in [2.75, 3.05) is 33.2 Å². The van der Waals surface area contributed by atoms with Gasteiger partial charge in [-0.25, -0.2) is 0 Å². The lowest BCUT2D eigenvalue weighted by Crippen LogP contribution is -2.40. The minimum absolute atomic E-state index is 0.289. The Bertz CT molecular complexity index is 821. The molecule has 7 heteroatoms. The first-order chi connectivity index (χ1) is 14.4. The minimum atomic E-state index is -4.33. The average molecular weight is 419 g/mol. The molecule has 1 unspecified atom stereocenters. The first-order valence-corrected chi connectivity index (χ1v) is 10.3. The Hall–Kier alpha value is -2.54. The number of hydrogen-bond acceptors (Lipinski definition) is 2. The van der Waals surface area contributed by atoms with Crippen molar-refractivity contribution < 1.29 is 13.2 Å². The highest BCUT2D eigenvalue weighted by atomic mass is 19.4. The van der Waals surface area contributed by atoms with Gasteiger partial charge in [0, 0.05) is 33.2 Å². The van der Waals surface area contributed by atoms with Crippen molar-refractivity contribution in [3.05, 3.63) is 71.3 Å². The smallest absolute Gasteiger partial charge is 0.356 e. The van der Waals surface area contributed by atoms with Gasteiger partial charge in [0.05, 0.1) is 5.56 Å². The van der Waals surface area contributed by atoms with E-state index in [0.717, 1.165) is 45.1 Å². The second-order valence-corrected chi connectivity index (χ2v) is 7.70. The second-order valence-electron chi connectivity index (χ2n) is 7.70. The van der Waals surface area contributed by atoms with Gasteiger partial charge in [-0.2, -0.15) is 13.2 Å². The van der Waals surface area contributed by atoms with Crippen LogP contribution in [0, 0.1) is 5.92 Å². The number of benzene rings is 2. The van der Waals surface area contributed by atoms with Crippen molar-refractivity contribution in [1.29, 1.82) is 0 Å². The van der Waals surface area contributed by atoms with E-state index >= 15 is 0 Å². The van der Waals surface area contributed by atoms with Crippen molar-refractivity contribution in [2.45, 2.75) is 25.6 Å². The van der Waals surface area contributed by atoms with Crippen LogP contribution in [-0.4, -0.2) is 44.1 Å². The summed E-state index contributed by atoms with van der Waals surface area (Å²) in [4.78, 5) is 6.67. The van der Waals surface area contributed by atoms with Gasteiger partial charge in [-0.15, -0.1) is 0 Å². The number of likely N-dealkylation sites (tertiary alicyclic amines) is 1. The molecule has 162 valence electrons. The SMILES string of the molecule is CN=C(NCc1cccc(C(F)(F)F)c1)NCC1CCN(CCc2ccccc2)C1. The Labute approximate surface area is 176 Å². The predicted octanol–water partition coefficient (Wildman–Crippen LogP) is 3.94. The van der Waals surface area contributed by atoms with E-state index in [0.29, 0.717) is 17.4 Å². The zero-order valence-electron chi connectivity index (χ0n) is 17.3. The fraction of sp³-hybridized carbons (Fsp3) is 0.435. The first-order valence-electron chi connectivity index (χ1n) is 10.3. The maximum Gasteiger partial charge on any atom is 0.416 e. The number of nitrogens with one attached hydrogen (secondary N) is 2. The molecule has 30 heavy (non-hydrogen) atoms. The molecule has 1 heterocycles. The summed E-state index contributed by atoms with van der Waals surface area (Å²) in [6.45, 7) is 4.28. The molecule has 1 aliphatic rings. The van der Waals surface area contributed by atoms with E-state index in [9.17, 15) is 13.2 Å². The molecular weight excluding hydrogens is 389 g/mol. The quantitative estimate of drug-likeness (QED) is 0.529. The highest BCUT2D eigenvalue weighted by Crippen LogP contribution is 2.29. The van der Waals surface area contributed by atoms with Crippen LogP contribution in [0.1, 0.15) is 23.1 Å². The van der Waals surface area contributed by atoms with E-state index in [2.05, 4.69) is 44.8 Å². The van der Waals surface area contributed by atoms with Crippen LogP contribution in [0.15, 0.2) is 59.6 Å². The van der Waals surface area contributed by atoms with Crippen LogP contribution >= 0.6 is 0 Å². The fourth-order valence-electron chi connectivity index (χ4n) is 3.72. The molecule has 1 atom stereocenters. The van der Waals surface area contributed by atoms with E-state index in [1.807, 2.05) is 6.07 Å². The fourth-order valence-corrected chi connectivity index (χ4v) is 3.72. The zero-order chi connectivity index (χ0) is 21.4. The van der Waals surface area contributed by atoms with Gasteiger partial charge in [0.15, 0.2) is 5.96 Å². The summed E-state index contributed by atoms with van der Waals surface area (Å²) in [5.41, 5.74) is 1.30. The molecule has 2 aromatic rings. The van der Waals surface area contributed by atoms with Crippen molar-refractivity contribution in [3.63, 3.8) is 0 Å². The Balaban J connectivity index is 1.39. The molecule has 0 spiro atoms. The molecule has 0 radical (unpaired) electrons. The topological polar surface area (TPSA) is 39.7 Å². The first kappa shape index (κ1) is 22.2. The van der Waals surface area contributed by atoms with Gasteiger partial charge in [-0.1, -0.05) is 42.5 Å². The maximum atomic E-state index is 12.8. The Morgan fingerprint density at radius 1 is 1.07 bits per heavy atom. The molecule has 3 rings (SSSR count). The number of rotatable bonds is 7. The lowest BCUT2D eigenvalue weighted by Gasteiger charge is -2.18. The molecule has 0 saturated carbocycles. The third-order valence-electron chi connectivity index (χ3n) is 5.43. The van der Waals surface area contributed by atoms with Gasteiger partial charge in [0.2, 0.25) is 0 Å². The molecule has 2 aromatic carbocycles. The third-order valence-corrected chi connectivity index (χ3v) is 5.43. The van der Waals surface area contributed by atoms with E-state index in [1.165, 1.54) is 17.7 Å². The summed E-state index contributed by atoms with van der Waals surface area (Å²) >= 11 is 0. The lowest BCUT2D eigenvalue weighted by atomic mass is 10.1. The van der Waals surface area contributed by atoms with Crippen molar-refractivity contribution in [3.8, 4) is 0 Å². The maximum absolute atomic E-state index is 12.8. The van der Waals surface area contributed by atoms with Gasteiger partial charge in [0.25, 0.3) is 0 Å². The van der Waals surface area contributed by atoms with E-state index < -0.39 is 11.7 Å². The molecule has 1 saturated heterocycles. The third kappa shape index (κ3) is 6.76. The lowest BCUT2D eigenvalue weighted by molar-refractivity contribution is -0.137. The van der Waals surface area contributed by atoms with Crippen LogP contribution in [0.3, 0.4) is 0 Å². The van der Waals surface area contributed by atoms with Crippen LogP contribution in [0.4, 0.5) is 13.2 Å². The monoisotopic (exact) mass is 418 g/mol. The summed E-state index contributed by atoms with van der Waals surface area (Å²) in [6, 6.07) is 15.9. The second kappa shape index (κ2) is 10.5. The molecule has 0 amide bonds. The molecule has 4 nitrogen and oxygen atoms in total. The van der Waals surface area contributed by atoms with Gasteiger partial charge < -0.3 is 15.5 Å². The molecule has 2 N–H and O–H groups in total. The van der Waals surface area contributed by atoms with E-state index in [4.69, 9.17) is 0 Å². The van der Waals surface area contributed by atoms with Crippen LogP contribution in [0.2, 0.25) is 0 Å². The standard InChI is InChI=1S/C23H29F3N4/c1-27-22(28-15-19-8-5-9-21(14-19)23(24,25)26)29-16-20-11-13-30(17-20)12-10-18-6-3-2-4-7-18/h2-9,14,20H,10-13,15-17H2,1H3,(H2,27,28,29). The molecule has 1 fully saturated rings. The Morgan fingerprint density at radius 3 is 2.57 bits per heavy atom. The predicted molar refractivity (Wildman–Crippen MR) is 114 cm³/mol. The number of hydrogen-bond donors (Lipinski definition) is 2. The highest BCUT2D eigenvalue weighted by Gasteiger charge is 2.30. The van der Waals surface area contributed by atoms with Crippen molar-refractivity contribution in [1.82, 2.24) is 15.5 Å². The molecule has 0 bridgehead atoms. The number of halogens is 3. The van der Waals surface area contributed by atoms with Gasteiger partial charge in [0.1, 0.15) is 0 Å². The molecule has 1 aliphatic heterocycles. The summed E-state index contributed by atoms with van der Waals surface area (Å²) in [7, 11) is 1.67. The summed E-state index contributed by atoms with van der Waals surface area (Å²) in [5, 5.41) is 6.41. The average Bonchev–Trinajstić information content (AvgIpc) is 3.21. The van der Waals surface area contributed by atoms with Gasteiger partial charge >= 0.3 is 6.18 Å². The number of alkyl halides is 3. The van der Waals surface area contributed by atoms with Crippen molar-refractivity contribution >= 4 is 5.96 Å². The van der Waals surface area contributed by atoms with Crippen LogP contribution < -0.4 is 10.6 Å². The number of nitrogens with zero attached hydrogens (tertiary/aromatic N) is 2. The summed E-state index contributed by atoms with van der Waals surface area (Å²) in [5.74, 6) is 1.14. The Morgan fingerprint density at radius 2 is 1.83 bits per heavy atom. The van der Waals surface area contributed by atoms with Crippen LogP contribution in [0.25, 0.3) is 0 Å². The molecule has 0 aromatic heterocycles. The van der Waals surface area contributed by atoms with E-state index in [1.54, 1.807) is 13.1 Å². The van der Waals surface area contributed by atoms with Gasteiger partial charge in [-0.3, -0.25) is 4.99 Å².